The lowest BCUT2D eigenvalue weighted by Gasteiger charge is -2.27. The van der Waals surface area contributed by atoms with Crippen LogP contribution in [0.15, 0.2) is 28.7 Å². The van der Waals surface area contributed by atoms with Gasteiger partial charge in [-0.15, -0.1) is 0 Å². The molecule has 0 heterocycles. The number of methoxy groups -OCH3 is 1. The van der Waals surface area contributed by atoms with E-state index >= 15 is 0 Å². The summed E-state index contributed by atoms with van der Waals surface area (Å²) in [5.74, 6) is -0.0154. The molecule has 4 heteroatoms. The molecule has 100 valence electrons. The summed E-state index contributed by atoms with van der Waals surface area (Å²) in [5.41, 5.74) is 1.08. The van der Waals surface area contributed by atoms with Gasteiger partial charge in [0.2, 0.25) is 0 Å². The van der Waals surface area contributed by atoms with Crippen LogP contribution >= 0.6 is 15.9 Å². The molecule has 1 aromatic rings. The smallest absolute Gasteiger partial charge is 0.310 e. The predicted molar refractivity (Wildman–Crippen MR) is 77.8 cm³/mol. The summed E-state index contributed by atoms with van der Waals surface area (Å²) in [4.78, 5) is 13.8. The van der Waals surface area contributed by atoms with E-state index in [1.54, 1.807) is 0 Å². The average Bonchev–Trinajstić information content (AvgIpc) is 2.35. The molecule has 0 aliphatic heterocycles. The first kappa shape index (κ1) is 15.0. The van der Waals surface area contributed by atoms with E-state index in [-0.39, 0.29) is 17.8 Å². The molecule has 0 N–H and O–H groups in total. The van der Waals surface area contributed by atoms with Crippen molar-refractivity contribution in [2.24, 2.45) is 11.8 Å². The lowest BCUT2D eigenvalue weighted by Crippen LogP contribution is -2.34. The van der Waals surface area contributed by atoms with Crippen LogP contribution in [0.1, 0.15) is 13.8 Å². The number of nitrogens with zero attached hydrogens (tertiary/aromatic N) is 1. The number of halogens is 1. The number of anilines is 1. The van der Waals surface area contributed by atoms with Gasteiger partial charge in [-0.05, 0) is 34.0 Å². The Morgan fingerprint density at radius 1 is 1.39 bits per heavy atom. The summed E-state index contributed by atoms with van der Waals surface area (Å²) >= 11 is 3.52. The molecule has 0 spiro atoms. The highest BCUT2D eigenvalue weighted by atomic mass is 79.9. The topological polar surface area (TPSA) is 29.5 Å². The first-order valence-corrected chi connectivity index (χ1v) is 6.80. The monoisotopic (exact) mass is 313 g/mol. The lowest BCUT2D eigenvalue weighted by atomic mass is 9.95. The molecular formula is C14H20BrNO2. The van der Waals surface area contributed by atoms with Crippen molar-refractivity contribution >= 4 is 27.6 Å². The number of rotatable bonds is 5. The van der Waals surface area contributed by atoms with Crippen LogP contribution in [0.4, 0.5) is 5.69 Å². The van der Waals surface area contributed by atoms with Crippen LogP contribution in [0.2, 0.25) is 0 Å². The summed E-state index contributed by atoms with van der Waals surface area (Å²) in [5, 5.41) is 0. The quantitative estimate of drug-likeness (QED) is 0.781. The Bertz CT molecular complexity index is 407. The summed E-state index contributed by atoms with van der Waals surface area (Å²) in [6.07, 6.45) is 0. The van der Waals surface area contributed by atoms with Gasteiger partial charge < -0.3 is 9.64 Å². The van der Waals surface area contributed by atoms with Gasteiger partial charge in [-0.3, -0.25) is 4.79 Å². The fourth-order valence-corrected chi connectivity index (χ4v) is 2.45. The number of benzene rings is 1. The second-order valence-corrected chi connectivity index (χ2v) is 5.56. The molecule has 0 bridgehead atoms. The molecule has 0 radical (unpaired) electrons. The van der Waals surface area contributed by atoms with Crippen molar-refractivity contribution in [3.05, 3.63) is 28.7 Å². The third kappa shape index (κ3) is 3.73. The van der Waals surface area contributed by atoms with Crippen LogP contribution in [0.5, 0.6) is 0 Å². The molecule has 1 atom stereocenters. The molecule has 0 aromatic heterocycles. The van der Waals surface area contributed by atoms with Crippen molar-refractivity contribution in [2.45, 2.75) is 13.8 Å². The van der Waals surface area contributed by atoms with Crippen LogP contribution in [0.3, 0.4) is 0 Å². The molecule has 1 aromatic carbocycles. The second kappa shape index (κ2) is 6.78. The van der Waals surface area contributed by atoms with Gasteiger partial charge in [-0.1, -0.05) is 26.0 Å². The van der Waals surface area contributed by atoms with Crippen LogP contribution < -0.4 is 4.90 Å². The first-order chi connectivity index (χ1) is 8.47. The Kier molecular flexibility index (Phi) is 5.66. The molecule has 0 fully saturated rings. The van der Waals surface area contributed by atoms with Gasteiger partial charge in [0.05, 0.1) is 18.7 Å². The fourth-order valence-electron chi connectivity index (χ4n) is 1.86. The third-order valence-corrected chi connectivity index (χ3v) is 3.71. The molecule has 3 nitrogen and oxygen atoms in total. The van der Waals surface area contributed by atoms with Crippen molar-refractivity contribution in [2.75, 3.05) is 25.6 Å². The van der Waals surface area contributed by atoms with Crippen LogP contribution in [0.25, 0.3) is 0 Å². The second-order valence-electron chi connectivity index (χ2n) is 4.71. The molecule has 0 amide bonds. The number of hydrogen-bond acceptors (Lipinski definition) is 3. The number of ether oxygens (including phenoxy) is 1. The minimum Gasteiger partial charge on any atom is -0.469 e. The third-order valence-electron chi connectivity index (χ3n) is 3.04. The Hall–Kier alpha value is -1.03. The Labute approximate surface area is 117 Å². The largest absolute Gasteiger partial charge is 0.469 e. The molecule has 0 aliphatic carbocycles. The van der Waals surface area contributed by atoms with E-state index in [0.717, 1.165) is 10.2 Å². The average molecular weight is 314 g/mol. The first-order valence-electron chi connectivity index (χ1n) is 6.00. The molecule has 0 saturated carbocycles. The Morgan fingerprint density at radius 3 is 2.50 bits per heavy atom. The van der Waals surface area contributed by atoms with Crippen molar-refractivity contribution in [1.29, 1.82) is 0 Å². The normalized spacial score (nSPS) is 12.3. The van der Waals surface area contributed by atoms with E-state index in [1.807, 2.05) is 45.2 Å². The van der Waals surface area contributed by atoms with E-state index in [2.05, 4.69) is 20.8 Å². The van der Waals surface area contributed by atoms with Gasteiger partial charge in [0.25, 0.3) is 0 Å². The zero-order valence-corrected chi connectivity index (χ0v) is 12.9. The summed E-state index contributed by atoms with van der Waals surface area (Å²) < 4.78 is 5.89. The summed E-state index contributed by atoms with van der Waals surface area (Å²) in [6.45, 7) is 4.72. The van der Waals surface area contributed by atoms with Gasteiger partial charge >= 0.3 is 5.97 Å². The maximum absolute atomic E-state index is 11.7. The molecular weight excluding hydrogens is 294 g/mol. The highest BCUT2D eigenvalue weighted by molar-refractivity contribution is 9.10. The van der Waals surface area contributed by atoms with Crippen molar-refractivity contribution in [3.8, 4) is 0 Å². The molecule has 0 saturated heterocycles. The molecule has 1 rings (SSSR count). The minimum atomic E-state index is -0.149. The molecule has 1 unspecified atom stereocenters. The highest BCUT2D eigenvalue weighted by Crippen LogP contribution is 2.26. The maximum atomic E-state index is 11.7. The van der Waals surface area contributed by atoms with Gasteiger partial charge in [0.15, 0.2) is 0 Å². The SMILES string of the molecule is COC(=O)C(CN(C)c1ccccc1Br)C(C)C. The summed E-state index contributed by atoms with van der Waals surface area (Å²) in [7, 11) is 3.43. The zero-order valence-electron chi connectivity index (χ0n) is 11.3. The number of carbonyl (C=O) groups is 1. The van der Waals surface area contributed by atoms with E-state index in [4.69, 9.17) is 4.74 Å². The zero-order chi connectivity index (χ0) is 13.7. The highest BCUT2D eigenvalue weighted by Gasteiger charge is 2.25. The van der Waals surface area contributed by atoms with Gasteiger partial charge in [0, 0.05) is 18.1 Å². The number of carbonyl (C=O) groups excluding carboxylic acids is 1. The standard InChI is InChI=1S/C14H20BrNO2/c1-10(2)11(14(17)18-4)9-16(3)13-8-6-5-7-12(13)15/h5-8,10-11H,9H2,1-4H3. The minimum absolute atomic E-state index is 0.118. The Balaban J connectivity index is 2.82. The van der Waals surface area contributed by atoms with Crippen LogP contribution in [-0.4, -0.2) is 26.7 Å². The molecule has 18 heavy (non-hydrogen) atoms. The van der Waals surface area contributed by atoms with Gasteiger partial charge in [-0.2, -0.15) is 0 Å². The molecule has 0 aliphatic rings. The fraction of sp³-hybridized carbons (Fsp3) is 0.500. The van der Waals surface area contributed by atoms with Gasteiger partial charge in [0.1, 0.15) is 0 Å². The van der Waals surface area contributed by atoms with Crippen LogP contribution in [-0.2, 0) is 9.53 Å². The van der Waals surface area contributed by atoms with E-state index < -0.39 is 0 Å². The van der Waals surface area contributed by atoms with E-state index in [9.17, 15) is 4.79 Å². The van der Waals surface area contributed by atoms with Crippen molar-refractivity contribution in [3.63, 3.8) is 0 Å². The van der Waals surface area contributed by atoms with Crippen LogP contribution in [0, 0.1) is 11.8 Å². The lowest BCUT2D eigenvalue weighted by molar-refractivity contribution is -0.146. The summed E-state index contributed by atoms with van der Waals surface area (Å²) in [6, 6.07) is 7.98. The predicted octanol–water partition coefficient (Wildman–Crippen LogP) is 3.33. The maximum Gasteiger partial charge on any atom is 0.310 e. The van der Waals surface area contributed by atoms with E-state index in [1.165, 1.54) is 7.11 Å². The van der Waals surface area contributed by atoms with Crippen molar-refractivity contribution in [1.82, 2.24) is 0 Å². The van der Waals surface area contributed by atoms with E-state index in [0.29, 0.717) is 6.54 Å². The number of para-hydroxylation sites is 1. The number of esters is 1. The van der Waals surface area contributed by atoms with Crippen molar-refractivity contribution < 1.29 is 9.53 Å². The Morgan fingerprint density at radius 2 is 2.00 bits per heavy atom. The number of hydrogen-bond donors (Lipinski definition) is 0. The van der Waals surface area contributed by atoms with Gasteiger partial charge in [-0.25, -0.2) is 0 Å².